The number of rotatable bonds is 4. The predicted octanol–water partition coefficient (Wildman–Crippen LogP) is 1.98. The van der Waals surface area contributed by atoms with Gasteiger partial charge in [-0.3, -0.25) is 4.98 Å². The van der Waals surface area contributed by atoms with E-state index >= 15 is 0 Å². The fourth-order valence-corrected chi connectivity index (χ4v) is 5.36. The van der Waals surface area contributed by atoms with E-state index in [-0.39, 0.29) is 16.4 Å². The van der Waals surface area contributed by atoms with Crippen molar-refractivity contribution in [1.82, 2.24) is 15.0 Å². The minimum Gasteiger partial charge on any atom is -0.381 e. The molecule has 1 aromatic heterocycles. The molecular weight excluding hydrogens is 350 g/mol. The first kappa shape index (κ1) is 17.9. The lowest BCUT2D eigenvalue weighted by molar-refractivity contribution is 0.0235. The molecule has 2 aliphatic heterocycles. The van der Waals surface area contributed by atoms with Crippen molar-refractivity contribution in [2.24, 2.45) is 5.41 Å². The third kappa shape index (κ3) is 3.49. The standard InChI is InChI=1S/C19H25N3O3S/c1-14-9-15-3-2-4-17(18(15)20-11-14)26(23,24)22-12-16-10-19(13-21-16)5-7-25-8-6-19/h2-4,9,11,16,21-22H,5-8,10,12-13H2,1H3. The number of fused-ring (bicyclic) bond motifs is 1. The van der Waals surface area contributed by atoms with Crippen molar-refractivity contribution in [2.75, 3.05) is 26.3 Å². The average molecular weight is 375 g/mol. The smallest absolute Gasteiger partial charge is 0.242 e. The normalized spacial score (nSPS) is 22.9. The predicted molar refractivity (Wildman–Crippen MR) is 101 cm³/mol. The lowest BCUT2D eigenvalue weighted by Gasteiger charge is -2.32. The second kappa shape index (κ2) is 6.88. The van der Waals surface area contributed by atoms with Gasteiger partial charge >= 0.3 is 0 Å². The SMILES string of the molecule is Cc1cnc2c(S(=O)(=O)NCC3CC4(CCOCC4)CN3)cccc2c1. The number of pyridine rings is 1. The van der Waals surface area contributed by atoms with Crippen LogP contribution >= 0.6 is 0 Å². The summed E-state index contributed by atoms with van der Waals surface area (Å²) in [6.07, 6.45) is 4.80. The Balaban J connectivity index is 1.48. The number of ether oxygens (including phenoxy) is 1. The Morgan fingerprint density at radius 3 is 2.96 bits per heavy atom. The molecule has 1 unspecified atom stereocenters. The number of aryl methyl sites for hydroxylation is 1. The van der Waals surface area contributed by atoms with Crippen molar-refractivity contribution in [3.05, 3.63) is 36.0 Å². The molecular formula is C19H25N3O3S. The number of aromatic nitrogens is 1. The molecule has 0 radical (unpaired) electrons. The molecule has 0 saturated carbocycles. The maximum absolute atomic E-state index is 12.9. The Morgan fingerprint density at radius 1 is 1.35 bits per heavy atom. The van der Waals surface area contributed by atoms with Gasteiger partial charge in [0.1, 0.15) is 4.90 Å². The van der Waals surface area contributed by atoms with E-state index < -0.39 is 10.0 Å². The lowest BCUT2D eigenvalue weighted by atomic mass is 9.78. The maximum atomic E-state index is 12.9. The van der Waals surface area contributed by atoms with Gasteiger partial charge in [0.15, 0.2) is 0 Å². The summed E-state index contributed by atoms with van der Waals surface area (Å²) in [5.41, 5.74) is 1.80. The first-order valence-corrected chi connectivity index (χ1v) is 10.6. The molecule has 0 amide bonds. The zero-order chi connectivity index (χ0) is 18.2. The second-order valence-electron chi connectivity index (χ2n) is 7.59. The molecule has 7 heteroatoms. The van der Waals surface area contributed by atoms with Crippen molar-refractivity contribution in [3.63, 3.8) is 0 Å². The van der Waals surface area contributed by atoms with E-state index in [9.17, 15) is 8.42 Å². The molecule has 140 valence electrons. The van der Waals surface area contributed by atoms with E-state index in [1.165, 1.54) is 0 Å². The average Bonchev–Trinajstić information content (AvgIpc) is 3.02. The Morgan fingerprint density at radius 2 is 2.15 bits per heavy atom. The molecule has 0 bridgehead atoms. The number of sulfonamides is 1. The molecule has 6 nitrogen and oxygen atoms in total. The second-order valence-corrected chi connectivity index (χ2v) is 9.32. The van der Waals surface area contributed by atoms with Crippen molar-refractivity contribution < 1.29 is 13.2 Å². The van der Waals surface area contributed by atoms with Crippen molar-refractivity contribution in [3.8, 4) is 0 Å². The van der Waals surface area contributed by atoms with Gasteiger partial charge in [0.05, 0.1) is 5.52 Å². The fraction of sp³-hybridized carbons (Fsp3) is 0.526. The molecule has 3 heterocycles. The van der Waals surface area contributed by atoms with Crippen LogP contribution in [0.3, 0.4) is 0 Å². The zero-order valence-corrected chi connectivity index (χ0v) is 15.8. The summed E-state index contributed by atoms with van der Waals surface area (Å²) in [6.45, 7) is 4.90. The first-order chi connectivity index (χ1) is 12.5. The summed E-state index contributed by atoms with van der Waals surface area (Å²) in [5, 5.41) is 4.33. The van der Waals surface area contributed by atoms with Crippen LogP contribution in [0.2, 0.25) is 0 Å². The molecule has 4 rings (SSSR count). The van der Waals surface area contributed by atoms with Crippen LogP contribution in [0.15, 0.2) is 35.4 Å². The highest BCUT2D eigenvalue weighted by atomic mass is 32.2. The highest BCUT2D eigenvalue weighted by Gasteiger charge is 2.40. The molecule has 1 spiro atoms. The third-order valence-electron chi connectivity index (χ3n) is 5.62. The number of benzene rings is 1. The molecule has 26 heavy (non-hydrogen) atoms. The highest BCUT2D eigenvalue weighted by molar-refractivity contribution is 7.89. The van der Waals surface area contributed by atoms with Gasteiger partial charge in [0.2, 0.25) is 10.0 Å². The van der Waals surface area contributed by atoms with Crippen LogP contribution < -0.4 is 10.0 Å². The van der Waals surface area contributed by atoms with Gasteiger partial charge in [0, 0.05) is 43.9 Å². The molecule has 2 N–H and O–H groups in total. The van der Waals surface area contributed by atoms with Gasteiger partial charge in [-0.1, -0.05) is 12.1 Å². The van der Waals surface area contributed by atoms with E-state index in [1.807, 2.05) is 19.1 Å². The van der Waals surface area contributed by atoms with Crippen LogP contribution in [0.4, 0.5) is 0 Å². The molecule has 0 aliphatic carbocycles. The van der Waals surface area contributed by atoms with Gasteiger partial charge in [-0.2, -0.15) is 0 Å². The van der Waals surface area contributed by atoms with Crippen molar-refractivity contribution in [1.29, 1.82) is 0 Å². The number of hydrogen-bond donors (Lipinski definition) is 2. The van der Waals surface area contributed by atoms with Gasteiger partial charge in [-0.05, 0) is 49.3 Å². The van der Waals surface area contributed by atoms with Gasteiger partial charge in [-0.25, -0.2) is 13.1 Å². The van der Waals surface area contributed by atoms with E-state index in [0.29, 0.717) is 12.1 Å². The summed E-state index contributed by atoms with van der Waals surface area (Å²) in [5.74, 6) is 0. The molecule has 2 aliphatic rings. The summed E-state index contributed by atoms with van der Waals surface area (Å²) in [7, 11) is -3.61. The zero-order valence-electron chi connectivity index (χ0n) is 15.0. The van der Waals surface area contributed by atoms with Crippen molar-refractivity contribution in [2.45, 2.75) is 37.1 Å². The van der Waals surface area contributed by atoms with E-state index in [4.69, 9.17) is 4.74 Å². The van der Waals surface area contributed by atoms with Crippen molar-refractivity contribution >= 4 is 20.9 Å². The topological polar surface area (TPSA) is 80.3 Å². The molecule has 1 aromatic carbocycles. The minimum absolute atomic E-state index is 0.160. The summed E-state index contributed by atoms with van der Waals surface area (Å²) >= 11 is 0. The minimum atomic E-state index is -3.61. The molecule has 1 atom stereocenters. The van der Waals surface area contributed by atoms with Crippen LogP contribution in [0.1, 0.15) is 24.8 Å². The summed E-state index contributed by atoms with van der Waals surface area (Å²) in [4.78, 5) is 4.59. The van der Waals surface area contributed by atoms with Gasteiger partial charge < -0.3 is 10.1 Å². The van der Waals surface area contributed by atoms with Crippen LogP contribution in [-0.4, -0.2) is 45.7 Å². The van der Waals surface area contributed by atoms with Crippen LogP contribution in [0.5, 0.6) is 0 Å². The first-order valence-electron chi connectivity index (χ1n) is 9.14. The quantitative estimate of drug-likeness (QED) is 0.854. The molecule has 2 aromatic rings. The Kier molecular flexibility index (Phi) is 4.73. The van der Waals surface area contributed by atoms with Crippen LogP contribution in [0, 0.1) is 12.3 Å². The van der Waals surface area contributed by atoms with E-state index in [0.717, 1.165) is 50.0 Å². The van der Waals surface area contributed by atoms with E-state index in [1.54, 1.807) is 18.3 Å². The highest BCUT2D eigenvalue weighted by Crippen LogP contribution is 2.38. The Labute approximate surface area is 154 Å². The Hall–Kier alpha value is -1.54. The number of nitrogens with zero attached hydrogens (tertiary/aromatic N) is 1. The number of para-hydroxylation sites is 1. The molecule has 2 fully saturated rings. The summed E-state index contributed by atoms with van der Waals surface area (Å²) < 4.78 is 34.0. The fourth-order valence-electron chi connectivity index (χ4n) is 4.11. The largest absolute Gasteiger partial charge is 0.381 e. The van der Waals surface area contributed by atoms with Crippen LogP contribution in [-0.2, 0) is 14.8 Å². The third-order valence-corrected chi connectivity index (χ3v) is 7.07. The monoisotopic (exact) mass is 375 g/mol. The maximum Gasteiger partial charge on any atom is 0.242 e. The van der Waals surface area contributed by atoms with E-state index in [2.05, 4.69) is 15.0 Å². The Bertz CT molecular complexity index is 907. The van der Waals surface area contributed by atoms with Crippen LogP contribution in [0.25, 0.3) is 10.9 Å². The lowest BCUT2D eigenvalue weighted by Crippen LogP contribution is -2.37. The summed E-state index contributed by atoms with van der Waals surface area (Å²) in [6, 6.07) is 7.39. The molecule has 2 saturated heterocycles. The van der Waals surface area contributed by atoms with Gasteiger partial charge in [0.25, 0.3) is 0 Å². The number of nitrogens with one attached hydrogen (secondary N) is 2. The number of hydrogen-bond acceptors (Lipinski definition) is 5. The van der Waals surface area contributed by atoms with Gasteiger partial charge in [-0.15, -0.1) is 0 Å².